The number of guanidine groups is 1. The lowest BCUT2D eigenvalue weighted by atomic mass is 9.97. The van der Waals surface area contributed by atoms with Crippen LogP contribution in [0.25, 0.3) is 0 Å². The molecule has 0 amide bonds. The molecule has 1 atom stereocenters. The van der Waals surface area contributed by atoms with Crippen molar-refractivity contribution in [1.29, 1.82) is 0 Å². The maximum atomic E-state index is 5.52. The first kappa shape index (κ1) is 24.3. The van der Waals surface area contributed by atoms with Crippen LogP contribution < -0.4 is 10.6 Å². The quantitative estimate of drug-likeness (QED) is 0.284. The maximum Gasteiger partial charge on any atom is 0.191 e. The number of halogens is 1. The summed E-state index contributed by atoms with van der Waals surface area (Å²) in [5.74, 6) is 1.71. The molecule has 0 aromatic carbocycles. The van der Waals surface area contributed by atoms with Crippen molar-refractivity contribution in [2.75, 3.05) is 39.6 Å². The van der Waals surface area contributed by atoms with E-state index in [1.165, 1.54) is 32.1 Å². The predicted octanol–water partition coefficient (Wildman–Crippen LogP) is 4.29. The molecule has 0 saturated carbocycles. The third-order valence-corrected chi connectivity index (χ3v) is 6.28. The molecule has 144 valence electrons. The molecular formula is C18H38IN3OS. The fourth-order valence-corrected chi connectivity index (χ4v) is 3.94. The summed E-state index contributed by atoms with van der Waals surface area (Å²) in [7, 11) is 1.87. The van der Waals surface area contributed by atoms with E-state index in [0.717, 1.165) is 51.0 Å². The van der Waals surface area contributed by atoms with Gasteiger partial charge in [0.05, 0.1) is 0 Å². The number of hydrogen-bond donors (Lipinski definition) is 2. The van der Waals surface area contributed by atoms with Gasteiger partial charge in [-0.05, 0) is 37.9 Å². The highest BCUT2D eigenvalue weighted by atomic mass is 127. The Kier molecular flexibility index (Phi) is 14.7. The number of aliphatic imine (C=N–C) groups is 1. The Morgan fingerprint density at radius 1 is 1.17 bits per heavy atom. The number of nitrogens with zero attached hydrogens (tertiary/aromatic N) is 1. The van der Waals surface area contributed by atoms with Gasteiger partial charge in [0.15, 0.2) is 5.96 Å². The van der Waals surface area contributed by atoms with Crippen LogP contribution >= 0.6 is 35.7 Å². The van der Waals surface area contributed by atoms with E-state index in [1.807, 2.05) is 18.8 Å². The van der Waals surface area contributed by atoms with Gasteiger partial charge < -0.3 is 15.4 Å². The first-order valence-corrected chi connectivity index (χ1v) is 10.5. The fourth-order valence-electron chi connectivity index (χ4n) is 3.15. The SMILES string of the molecule is CCCCC(CCC)CNC(=NC)NCC1(SC)CCOCC1.I. The molecule has 0 spiro atoms. The van der Waals surface area contributed by atoms with Crippen LogP contribution in [0.1, 0.15) is 58.8 Å². The van der Waals surface area contributed by atoms with Crippen molar-refractivity contribution < 1.29 is 4.74 Å². The molecule has 1 aliphatic rings. The molecule has 1 unspecified atom stereocenters. The number of nitrogens with one attached hydrogen (secondary N) is 2. The second-order valence-electron chi connectivity index (χ2n) is 6.60. The summed E-state index contributed by atoms with van der Waals surface area (Å²) >= 11 is 1.96. The maximum absolute atomic E-state index is 5.52. The van der Waals surface area contributed by atoms with Crippen molar-refractivity contribution >= 4 is 41.7 Å². The Morgan fingerprint density at radius 2 is 1.88 bits per heavy atom. The summed E-state index contributed by atoms with van der Waals surface area (Å²) in [6, 6.07) is 0. The van der Waals surface area contributed by atoms with E-state index in [9.17, 15) is 0 Å². The summed E-state index contributed by atoms with van der Waals surface area (Å²) in [6.07, 6.45) is 10.9. The van der Waals surface area contributed by atoms with Crippen molar-refractivity contribution in [3.8, 4) is 0 Å². The minimum atomic E-state index is 0. The highest BCUT2D eigenvalue weighted by molar-refractivity contribution is 14.0. The predicted molar refractivity (Wildman–Crippen MR) is 119 cm³/mol. The van der Waals surface area contributed by atoms with E-state index in [-0.39, 0.29) is 24.0 Å². The molecule has 1 fully saturated rings. The molecular weight excluding hydrogens is 433 g/mol. The second kappa shape index (κ2) is 14.5. The van der Waals surface area contributed by atoms with Crippen LogP contribution in [0.5, 0.6) is 0 Å². The van der Waals surface area contributed by atoms with E-state index in [0.29, 0.717) is 4.75 Å². The van der Waals surface area contributed by atoms with E-state index in [4.69, 9.17) is 4.74 Å². The van der Waals surface area contributed by atoms with Gasteiger partial charge in [0.1, 0.15) is 0 Å². The molecule has 0 aromatic rings. The van der Waals surface area contributed by atoms with Gasteiger partial charge in [-0.3, -0.25) is 4.99 Å². The monoisotopic (exact) mass is 471 g/mol. The fraction of sp³-hybridized carbons (Fsp3) is 0.944. The molecule has 24 heavy (non-hydrogen) atoms. The molecule has 1 rings (SSSR count). The van der Waals surface area contributed by atoms with Crippen molar-refractivity contribution in [2.45, 2.75) is 63.5 Å². The third-order valence-electron chi connectivity index (χ3n) is 4.86. The smallest absolute Gasteiger partial charge is 0.191 e. The molecule has 2 N–H and O–H groups in total. The summed E-state index contributed by atoms with van der Waals surface area (Å²) in [6.45, 7) is 8.30. The van der Waals surface area contributed by atoms with Gasteiger partial charge in [-0.1, -0.05) is 33.1 Å². The Balaban J connectivity index is 0.00000529. The minimum Gasteiger partial charge on any atom is -0.381 e. The van der Waals surface area contributed by atoms with Gasteiger partial charge in [-0.15, -0.1) is 24.0 Å². The molecule has 0 aliphatic carbocycles. The molecule has 6 heteroatoms. The molecule has 1 aliphatic heterocycles. The molecule has 1 heterocycles. The summed E-state index contributed by atoms with van der Waals surface area (Å²) in [5, 5.41) is 7.09. The van der Waals surface area contributed by atoms with E-state index >= 15 is 0 Å². The minimum absolute atomic E-state index is 0. The molecule has 1 saturated heterocycles. The second-order valence-corrected chi connectivity index (χ2v) is 7.88. The van der Waals surface area contributed by atoms with Crippen LogP contribution in [-0.4, -0.2) is 50.3 Å². The number of rotatable bonds is 10. The standard InChI is InChI=1S/C18H37N3OS.HI/c1-5-7-9-16(8-6-2)14-20-17(19-3)21-15-18(23-4)10-12-22-13-11-18;/h16H,5-15H2,1-4H3,(H2,19,20,21);1H. The van der Waals surface area contributed by atoms with Crippen molar-refractivity contribution in [1.82, 2.24) is 10.6 Å². The Morgan fingerprint density at radius 3 is 2.42 bits per heavy atom. The molecule has 4 nitrogen and oxygen atoms in total. The number of thioether (sulfide) groups is 1. The highest BCUT2D eigenvalue weighted by Crippen LogP contribution is 2.32. The van der Waals surface area contributed by atoms with Crippen LogP contribution in [0.3, 0.4) is 0 Å². The summed E-state index contributed by atoms with van der Waals surface area (Å²) in [4.78, 5) is 4.40. The Labute approximate surface area is 170 Å². The topological polar surface area (TPSA) is 45.7 Å². The first-order valence-electron chi connectivity index (χ1n) is 9.27. The van der Waals surface area contributed by atoms with E-state index in [1.54, 1.807) is 0 Å². The first-order chi connectivity index (χ1) is 11.2. The number of hydrogen-bond acceptors (Lipinski definition) is 3. The average Bonchev–Trinajstić information content (AvgIpc) is 2.60. The molecule has 0 bridgehead atoms. The third kappa shape index (κ3) is 9.13. The zero-order chi connectivity index (χ0) is 17.0. The normalized spacial score (nSPS) is 18.6. The van der Waals surface area contributed by atoms with Crippen LogP contribution in [0.15, 0.2) is 4.99 Å². The highest BCUT2D eigenvalue weighted by Gasteiger charge is 2.31. The van der Waals surface area contributed by atoms with Crippen LogP contribution in [-0.2, 0) is 4.74 Å². The van der Waals surface area contributed by atoms with Crippen molar-refractivity contribution in [2.24, 2.45) is 10.9 Å². The van der Waals surface area contributed by atoms with Crippen molar-refractivity contribution in [3.05, 3.63) is 0 Å². The van der Waals surface area contributed by atoms with Crippen LogP contribution in [0.4, 0.5) is 0 Å². The van der Waals surface area contributed by atoms with Crippen LogP contribution in [0.2, 0.25) is 0 Å². The average molecular weight is 471 g/mol. The van der Waals surface area contributed by atoms with Crippen LogP contribution in [0, 0.1) is 5.92 Å². The molecule has 0 aromatic heterocycles. The summed E-state index contributed by atoms with van der Waals surface area (Å²) in [5.41, 5.74) is 0. The van der Waals surface area contributed by atoms with Gasteiger partial charge in [0.25, 0.3) is 0 Å². The zero-order valence-corrected chi connectivity index (χ0v) is 19.2. The zero-order valence-electron chi connectivity index (χ0n) is 16.0. The number of ether oxygens (including phenoxy) is 1. The van der Waals surface area contributed by atoms with Gasteiger partial charge in [-0.25, -0.2) is 0 Å². The largest absolute Gasteiger partial charge is 0.381 e. The van der Waals surface area contributed by atoms with Gasteiger partial charge >= 0.3 is 0 Å². The lowest BCUT2D eigenvalue weighted by Gasteiger charge is -2.36. The molecule has 0 radical (unpaired) electrons. The lowest BCUT2D eigenvalue weighted by molar-refractivity contribution is 0.0783. The van der Waals surface area contributed by atoms with Gasteiger partial charge in [0.2, 0.25) is 0 Å². The van der Waals surface area contributed by atoms with Gasteiger partial charge in [-0.2, -0.15) is 11.8 Å². The van der Waals surface area contributed by atoms with E-state index < -0.39 is 0 Å². The van der Waals surface area contributed by atoms with Gasteiger partial charge in [0, 0.05) is 38.1 Å². The summed E-state index contributed by atoms with van der Waals surface area (Å²) < 4.78 is 5.81. The van der Waals surface area contributed by atoms with E-state index in [2.05, 4.69) is 35.7 Å². The lowest BCUT2D eigenvalue weighted by Crippen LogP contribution is -2.48. The number of unbranched alkanes of at least 4 members (excludes halogenated alkanes) is 1. The Bertz CT molecular complexity index is 336. The van der Waals surface area contributed by atoms with Crippen molar-refractivity contribution in [3.63, 3.8) is 0 Å². The Hall–Kier alpha value is 0.310.